The summed E-state index contributed by atoms with van der Waals surface area (Å²) in [5, 5.41) is 11.2. The first-order valence-corrected chi connectivity index (χ1v) is 11.2. The van der Waals surface area contributed by atoms with Gasteiger partial charge in [0.2, 0.25) is 6.41 Å². The van der Waals surface area contributed by atoms with Crippen LogP contribution >= 0.6 is 15.9 Å². The van der Waals surface area contributed by atoms with Gasteiger partial charge >= 0.3 is 0 Å². The van der Waals surface area contributed by atoms with Crippen molar-refractivity contribution in [3.63, 3.8) is 0 Å². The number of benzene rings is 1. The topological polar surface area (TPSA) is 80.2 Å². The maximum atomic E-state index is 11.2. The first-order chi connectivity index (χ1) is 14.7. The van der Waals surface area contributed by atoms with Gasteiger partial charge in [-0.2, -0.15) is 0 Å². The van der Waals surface area contributed by atoms with Crippen LogP contribution in [-0.4, -0.2) is 53.4 Å². The predicted octanol–water partition coefficient (Wildman–Crippen LogP) is 4.07. The van der Waals surface area contributed by atoms with Gasteiger partial charge in [-0.3, -0.25) is 4.90 Å². The number of aryl methyl sites for hydroxylation is 1. The van der Waals surface area contributed by atoms with Crippen LogP contribution in [0, 0.1) is 6.92 Å². The van der Waals surface area contributed by atoms with Gasteiger partial charge in [-0.25, -0.2) is 9.97 Å². The Morgan fingerprint density at radius 1 is 1.19 bits per heavy atom. The molecule has 0 spiro atoms. The van der Waals surface area contributed by atoms with Crippen molar-refractivity contribution >= 4 is 33.3 Å². The molecule has 1 aromatic carbocycles. The van der Waals surface area contributed by atoms with Crippen LogP contribution in [0.3, 0.4) is 0 Å². The van der Waals surface area contributed by atoms with Crippen LogP contribution in [-0.2, 0) is 9.47 Å². The Bertz CT molecular complexity index is 959. The lowest BCUT2D eigenvalue weighted by Gasteiger charge is -2.35. The Morgan fingerprint density at radius 3 is 2.55 bits per heavy atom. The number of hydrogen-bond acceptors (Lipinski definition) is 8. The summed E-state index contributed by atoms with van der Waals surface area (Å²) in [5.41, 5.74) is 1.87. The lowest BCUT2D eigenvalue weighted by Crippen LogP contribution is -2.41. The highest BCUT2D eigenvalue weighted by Crippen LogP contribution is 2.48. The number of aliphatic hydroxyl groups excluding tert-OH is 1. The van der Waals surface area contributed by atoms with Crippen molar-refractivity contribution in [3.05, 3.63) is 34.1 Å². The summed E-state index contributed by atoms with van der Waals surface area (Å²) in [6.07, 6.45) is -0.0738. The Labute approximate surface area is 191 Å². The Morgan fingerprint density at radius 2 is 1.87 bits per heavy atom. The van der Waals surface area contributed by atoms with E-state index in [0.717, 1.165) is 34.5 Å². The Balaban J connectivity index is 1.92. The third-order valence-electron chi connectivity index (χ3n) is 5.24. The molecule has 1 unspecified atom stereocenters. The van der Waals surface area contributed by atoms with Gasteiger partial charge in [0.25, 0.3) is 0 Å². The number of rotatable bonds is 3. The second-order valence-corrected chi connectivity index (χ2v) is 9.71. The van der Waals surface area contributed by atoms with E-state index in [0.29, 0.717) is 30.5 Å². The van der Waals surface area contributed by atoms with Gasteiger partial charge in [-0.15, -0.1) is 0 Å². The normalized spacial score (nSPS) is 19.9. The van der Waals surface area contributed by atoms with Gasteiger partial charge < -0.3 is 24.2 Å². The summed E-state index contributed by atoms with van der Waals surface area (Å²) in [5.74, 6) is 2.04. The van der Waals surface area contributed by atoms with E-state index in [-0.39, 0.29) is 6.10 Å². The number of hydrogen-bond donors (Lipinski definition) is 1. The fourth-order valence-corrected chi connectivity index (χ4v) is 4.51. The van der Waals surface area contributed by atoms with Crippen molar-refractivity contribution in [1.82, 2.24) is 9.97 Å². The number of aromatic nitrogens is 2. The molecule has 2 aliphatic rings. The number of morpholine rings is 1. The molecular formula is C22H29BrN4O4. The molecule has 2 aliphatic heterocycles. The van der Waals surface area contributed by atoms with Gasteiger partial charge in [0.1, 0.15) is 29.8 Å². The van der Waals surface area contributed by atoms with Crippen LogP contribution in [0.2, 0.25) is 0 Å². The highest BCUT2D eigenvalue weighted by atomic mass is 79.9. The van der Waals surface area contributed by atoms with E-state index in [1.54, 1.807) is 4.90 Å². The summed E-state index contributed by atoms with van der Waals surface area (Å²) in [6, 6.07) is 3.90. The number of anilines is 3. The molecule has 0 amide bonds. The second kappa shape index (κ2) is 8.54. The molecule has 1 fully saturated rings. The highest BCUT2D eigenvalue weighted by Gasteiger charge is 2.37. The average Bonchev–Trinajstić information content (AvgIpc) is 2.82. The first-order valence-electron chi connectivity index (χ1n) is 10.4. The third-order valence-corrected chi connectivity index (χ3v) is 5.70. The van der Waals surface area contributed by atoms with Gasteiger partial charge in [0.15, 0.2) is 0 Å². The van der Waals surface area contributed by atoms with E-state index >= 15 is 0 Å². The van der Waals surface area contributed by atoms with Crippen LogP contribution in [0.25, 0.3) is 0 Å². The Hall–Kier alpha value is -1.94. The summed E-state index contributed by atoms with van der Waals surface area (Å²) < 4.78 is 18.8. The molecule has 4 rings (SSSR count). The largest absolute Gasteiger partial charge is 0.483 e. The van der Waals surface area contributed by atoms with Gasteiger partial charge in [-0.05, 0) is 52.3 Å². The van der Waals surface area contributed by atoms with Gasteiger partial charge in [-0.1, -0.05) is 15.9 Å². The second-order valence-electron chi connectivity index (χ2n) is 8.79. The predicted molar refractivity (Wildman–Crippen MR) is 122 cm³/mol. The SMILES string of the molecule is Cc1cc(Br)cc2c1O[C@@H](C)c1c(N3CCOCC3)ncnc1N2C(O)OC(C)(C)C. The van der Waals surface area contributed by atoms with E-state index in [1.165, 1.54) is 6.33 Å². The average molecular weight is 493 g/mol. The van der Waals surface area contributed by atoms with Crippen LogP contribution in [0.15, 0.2) is 22.9 Å². The van der Waals surface area contributed by atoms with E-state index in [4.69, 9.17) is 14.2 Å². The van der Waals surface area contributed by atoms with Crippen LogP contribution in [0.4, 0.5) is 17.3 Å². The molecule has 8 nitrogen and oxygen atoms in total. The zero-order chi connectivity index (χ0) is 22.3. The minimum atomic E-state index is -1.27. The van der Waals surface area contributed by atoms with Gasteiger partial charge in [0, 0.05) is 17.6 Å². The van der Waals surface area contributed by atoms with Crippen LogP contribution < -0.4 is 14.5 Å². The molecule has 3 heterocycles. The maximum Gasteiger partial charge on any atom is 0.244 e. The molecule has 168 valence electrons. The summed E-state index contributed by atoms with van der Waals surface area (Å²) >= 11 is 3.58. The number of ether oxygens (including phenoxy) is 3. The van der Waals surface area contributed by atoms with Crippen molar-refractivity contribution < 1.29 is 19.3 Å². The molecule has 2 atom stereocenters. The summed E-state index contributed by atoms with van der Waals surface area (Å²) in [7, 11) is 0. The third kappa shape index (κ3) is 4.50. The molecular weight excluding hydrogens is 464 g/mol. The van der Waals surface area contributed by atoms with Gasteiger partial charge in [0.05, 0.1) is 30.1 Å². The molecule has 1 saturated heterocycles. The highest BCUT2D eigenvalue weighted by molar-refractivity contribution is 9.10. The molecule has 1 aromatic heterocycles. The molecule has 31 heavy (non-hydrogen) atoms. The molecule has 0 bridgehead atoms. The van der Waals surface area contributed by atoms with E-state index < -0.39 is 12.0 Å². The molecule has 0 radical (unpaired) electrons. The lowest BCUT2D eigenvalue weighted by atomic mass is 10.1. The first kappa shape index (κ1) is 22.3. The zero-order valence-electron chi connectivity index (χ0n) is 18.6. The molecule has 0 saturated carbocycles. The number of fused-ring (bicyclic) bond motifs is 2. The fourth-order valence-electron chi connectivity index (χ4n) is 3.95. The zero-order valence-corrected chi connectivity index (χ0v) is 20.1. The van der Waals surface area contributed by atoms with Crippen molar-refractivity contribution in [2.24, 2.45) is 0 Å². The van der Waals surface area contributed by atoms with E-state index in [1.807, 2.05) is 46.8 Å². The van der Waals surface area contributed by atoms with Crippen molar-refractivity contribution in [3.8, 4) is 5.75 Å². The molecule has 1 N–H and O–H groups in total. The number of halogens is 1. The van der Waals surface area contributed by atoms with Crippen molar-refractivity contribution in [1.29, 1.82) is 0 Å². The maximum absolute atomic E-state index is 11.2. The summed E-state index contributed by atoms with van der Waals surface area (Å²) in [4.78, 5) is 13.1. The van der Waals surface area contributed by atoms with Crippen molar-refractivity contribution in [2.75, 3.05) is 36.1 Å². The smallest absolute Gasteiger partial charge is 0.244 e. The fraction of sp³-hybridized carbons (Fsp3) is 0.545. The standard InChI is InChI=1S/C22H29BrN4O4/c1-13-10-15(23)11-16-18(13)30-14(2)17-19(26-6-8-29-9-7-26)24-12-25-20(17)27(16)21(28)31-22(3,4)5/h10-12,14,21,28H,6-9H2,1-5H3/t14-,21?/m0/s1. The number of aliphatic hydroxyl groups is 1. The number of nitrogens with zero attached hydrogens (tertiary/aromatic N) is 4. The van der Waals surface area contributed by atoms with E-state index in [2.05, 4.69) is 30.8 Å². The molecule has 9 heteroatoms. The van der Waals surface area contributed by atoms with Crippen LogP contribution in [0.5, 0.6) is 5.75 Å². The minimum absolute atomic E-state index is 0.334. The monoisotopic (exact) mass is 492 g/mol. The quantitative estimate of drug-likeness (QED) is 0.642. The lowest BCUT2D eigenvalue weighted by molar-refractivity contribution is -0.160. The molecule has 0 aliphatic carbocycles. The van der Waals surface area contributed by atoms with Crippen LogP contribution in [0.1, 0.15) is 44.9 Å². The minimum Gasteiger partial charge on any atom is -0.483 e. The Kier molecular flexibility index (Phi) is 6.13. The molecule has 2 aromatic rings. The van der Waals surface area contributed by atoms with E-state index in [9.17, 15) is 5.11 Å². The summed E-state index contributed by atoms with van der Waals surface area (Å²) in [6.45, 7) is 12.4. The van der Waals surface area contributed by atoms with Crippen molar-refractivity contribution in [2.45, 2.75) is 52.7 Å².